The molecule has 1 fully saturated rings. The van der Waals surface area contributed by atoms with Crippen LogP contribution in [0.25, 0.3) is 0 Å². The molecule has 0 bridgehead atoms. The molecule has 1 aromatic heterocycles. The normalized spacial score (nSPS) is 16.7. The lowest BCUT2D eigenvalue weighted by Gasteiger charge is -2.38. The first-order valence-corrected chi connectivity index (χ1v) is 7.95. The van der Waals surface area contributed by atoms with Gasteiger partial charge in [0.15, 0.2) is 5.69 Å². The summed E-state index contributed by atoms with van der Waals surface area (Å²) in [5.41, 5.74) is 0.378. The minimum absolute atomic E-state index is 0.0946. The largest absolute Gasteiger partial charge is 0.476 e. The van der Waals surface area contributed by atoms with Gasteiger partial charge in [-0.3, -0.25) is 4.90 Å². The van der Waals surface area contributed by atoms with Crippen molar-refractivity contribution in [3.8, 4) is 0 Å². The van der Waals surface area contributed by atoms with E-state index in [2.05, 4.69) is 14.9 Å². The van der Waals surface area contributed by atoms with Gasteiger partial charge in [0.1, 0.15) is 17.5 Å². The van der Waals surface area contributed by atoms with Crippen LogP contribution >= 0.6 is 0 Å². The molecule has 1 N–H and O–H groups in total. The second kappa shape index (κ2) is 7.10. The van der Waals surface area contributed by atoms with Crippen molar-refractivity contribution in [1.29, 1.82) is 0 Å². The Morgan fingerprint density at radius 3 is 2.44 bits per heavy atom. The van der Waals surface area contributed by atoms with Crippen molar-refractivity contribution in [3.63, 3.8) is 0 Å². The molecule has 0 amide bonds. The van der Waals surface area contributed by atoms with Gasteiger partial charge in [-0.2, -0.15) is 0 Å². The van der Waals surface area contributed by atoms with Crippen LogP contribution in [-0.2, 0) is 0 Å². The first-order chi connectivity index (χ1) is 12.0. The fraction of sp³-hybridized carbons (Fsp3) is 0.353. The molecule has 2 aromatic rings. The Balaban J connectivity index is 1.64. The van der Waals surface area contributed by atoms with E-state index < -0.39 is 17.6 Å². The fourth-order valence-electron chi connectivity index (χ4n) is 2.97. The molecule has 0 spiro atoms. The molecule has 0 radical (unpaired) electrons. The summed E-state index contributed by atoms with van der Waals surface area (Å²) in [6.07, 6.45) is 2.68. The van der Waals surface area contributed by atoms with Crippen LogP contribution in [0.1, 0.15) is 29.0 Å². The van der Waals surface area contributed by atoms with E-state index in [0.717, 1.165) is 6.07 Å². The summed E-state index contributed by atoms with van der Waals surface area (Å²) in [5, 5.41) is 8.85. The van der Waals surface area contributed by atoms with Crippen LogP contribution in [0.15, 0.2) is 30.6 Å². The molecule has 0 saturated carbocycles. The van der Waals surface area contributed by atoms with E-state index in [-0.39, 0.29) is 11.7 Å². The number of carboxylic acids is 1. The Kier molecular flexibility index (Phi) is 4.89. The summed E-state index contributed by atoms with van der Waals surface area (Å²) >= 11 is 0. The molecule has 1 atom stereocenters. The highest BCUT2D eigenvalue weighted by Crippen LogP contribution is 2.25. The molecular formula is C17H18F2N4O2. The van der Waals surface area contributed by atoms with Gasteiger partial charge in [0.05, 0.1) is 12.4 Å². The van der Waals surface area contributed by atoms with Gasteiger partial charge in [0.2, 0.25) is 0 Å². The first kappa shape index (κ1) is 17.2. The second-order valence-corrected chi connectivity index (χ2v) is 5.93. The van der Waals surface area contributed by atoms with E-state index >= 15 is 0 Å². The van der Waals surface area contributed by atoms with E-state index in [1.807, 2.05) is 11.8 Å². The van der Waals surface area contributed by atoms with E-state index in [0.29, 0.717) is 37.6 Å². The van der Waals surface area contributed by atoms with E-state index in [9.17, 15) is 13.6 Å². The van der Waals surface area contributed by atoms with Crippen LogP contribution in [0.3, 0.4) is 0 Å². The third-order valence-corrected chi connectivity index (χ3v) is 4.46. The number of hydrogen-bond acceptors (Lipinski definition) is 5. The molecule has 0 aliphatic carbocycles. The van der Waals surface area contributed by atoms with Gasteiger partial charge >= 0.3 is 5.97 Å². The molecular weight excluding hydrogens is 330 g/mol. The van der Waals surface area contributed by atoms with Gasteiger partial charge in [0.25, 0.3) is 0 Å². The number of piperazine rings is 1. The quantitative estimate of drug-likeness (QED) is 0.915. The number of anilines is 1. The lowest BCUT2D eigenvalue weighted by molar-refractivity contribution is 0.0690. The summed E-state index contributed by atoms with van der Waals surface area (Å²) in [4.78, 5) is 22.9. The molecule has 8 heteroatoms. The SMILES string of the molecule is CC(c1ccc(F)cc1F)N1CCN(c2cnc(C(=O)O)cn2)CC1. The Morgan fingerprint density at radius 2 is 1.88 bits per heavy atom. The molecule has 1 unspecified atom stereocenters. The Hall–Kier alpha value is -2.61. The van der Waals surface area contributed by atoms with Crippen molar-refractivity contribution in [2.24, 2.45) is 0 Å². The van der Waals surface area contributed by atoms with Gasteiger partial charge in [-0.15, -0.1) is 0 Å². The van der Waals surface area contributed by atoms with Crippen LogP contribution in [0, 0.1) is 11.6 Å². The summed E-state index contributed by atoms with van der Waals surface area (Å²) in [6, 6.07) is 3.49. The van der Waals surface area contributed by atoms with Gasteiger partial charge in [-0.1, -0.05) is 6.07 Å². The van der Waals surface area contributed by atoms with Crippen molar-refractivity contribution in [3.05, 3.63) is 53.5 Å². The number of rotatable bonds is 4. The Morgan fingerprint density at radius 1 is 1.16 bits per heavy atom. The van der Waals surface area contributed by atoms with E-state index in [1.54, 1.807) is 0 Å². The van der Waals surface area contributed by atoms with Gasteiger partial charge < -0.3 is 10.0 Å². The summed E-state index contributed by atoms with van der Waals surface area (Å²) in [7, 11) is 0. The smallest absolute Gasteiger partial charge is 0.356 e. The number of carboxylic acid groups (broad SMARTS) is 1. The zero-order valence-corrected chi connectivity index (χ0v) is 13.7. The lowest BCUT2D eigenvalue weighted by atomic mass is 10.1. The standard InChI is InChI=1S/C17H18F2N4O2/c1-11(13-3-2-12(18)8-14(13)19)22-4-6-23(7-5-22)16-10-20-15(9-21-16)17(24)25/h2-3,8-11H,4-7H2,1H3,(H,24,25). The maximum absolute atomic E-state index is 14.0. The Labute approximate surface area is 143 Å². The van der Waals surface area contributed by atoms with Gasteiger partial charge in [-0.25, -0.2) is 23.5 Å². The average molecular weight is 348 g/mol. The second-order valence-electron chi connectivity index (χ2n) is 5.93. The first-order valence-electron chi connectivity index (χ1n) is 7.95. The molecule has 2 heterocycles. The summed E-state index contributed by atoms with van der Waals surface area (Å²) < 4.78 is 27.0. The predicted molar refractivity (Wildman–Crippen MR) is 87.6 cm³/mol. The van der Waals surface area contributed by atoms with Crippen LogP contribution in [0.2, 0.25) is 0 Å². The van der Waals surface area contributed by atoms with Crippen molar-refractivity contribution in [2.45, 2.75) is 13.0 Å². The molecule has 25 heavy (non-hydrogen) atoms. The van der Waals surface area contributed by atoms with Crippen LogP contribution in [0.5, 0.6) is 0 Å². The molecule has 1 aliphatic heterocycles. The van der Waals surface area contributed by atoms with Crippen molar-refractivity contribution >= 4 is 11.8 Å². The minimum atomic E-state index is -1.11. The third-order valence-electron chi connectivity index (χ3n) is 4.46. The van der Waals surface area contributed by atoms with E-state index in [1.165, 1.54) is 24.5 Å². The molecule has 1 aromatic carbocycles. The number of aromatic carboxylic acids is 1. The zero-order chi connectivity index (χ0) is 18.0. The zero-order valence-electron chi connectivity index (χ0n) is 13.7. The summed E-state index contributed by atoms with van der Waals surface area (Å²) in [6.45, 7) is 4.58. The molecule has 6 nitrogen and oxygen atoms in total. The number of aromatic nitrogens is 2. The topological polar surface area (TPSA) is 69.6 Å². The maximum atomic E-state index is 14.0. The van der Waals surface area contributed by atoms with Crippen LogP contribution in [-0.4, -0.2) is 52.1 Å². The van der Waals surface area contributed by atoms with Crippen molar-refractivity contribution in [2.75, 3.05) is 31.1 Å². The highest BCUT2D eigenvalue weighted by molar-refractivity contribution is 5.84. The molecule has 1 aliphatic rings. The van der Waals surface area contributed by atoms with Crippen LogP contribution < -0.4 is 4.90 Å². The van der Waals surface area contributed by atoms with Crippen molar-refractivity contribution < 1.29 is 18.7 Å². The highest BCUT2D eigenvalue weighted by Gasteiger charge is 2.24. The summed E-state index contributed by atoms with van der Waals surface area (Å²) in [5.74, 6) is -1.61. The van der Waals surface area contributed by atoms with Gasteiger partial charge in [0, 0.05) is 43.9 Å². The number of benzene rings is 1. The Bertz CT molecular complexity index is 762. The number of halogens is 2. The predicted octanol–water partition coefficient (Wildman–Crippen LogP) is 2.34. The monoisotopic (exact) mass is 348 g/mol. The molecule has 1 saturated heterocycles. The third kappa shape index (κ3) is 3.74. The molecule has 3 rings (SSSR count). The van der Waals surface area contributed by atoms with Crippen LogP contribution in [0.4, 0.5) is 14.6 Å². The van der Waals surface area contributed by atoms with Crippen molar-refractivity contribution in [1.82, 2.24) is 14.9 Å². The highest BCUT2D eigenvalue weighted by atomic mass is 19.1. The average Bonchev–Trinajstić information content (AvgIpc) is 2.61. The lowest BCUT2D eigenvalue weighted by Crippen LogP contribution is -2.47. The van der Waals surface area contributed by atoms with Gasteiger partial charge in [-0.05, 0) is 13.0 Å². The molecule has 132 valence electrons. The fourth-order valence-corrected chi connectivity index (χ4v) is 2.97. The minimum Gasteiger partial charge on any atom is -0.476 e. The number of nitrogens with zero attached hydrogens (tertiary/aromatic N) is 4. The maximum Gasteiger partial charge on any atom is 0.356 e. The van der Waals surface area contributed by atoms with E-state index in [4.69, 9.17) is 5.11 Å². The number of carbonyl (C=O) groups is 1. The number of hydrogen-bond donors (Lipinski definition) is 1.